The molecule has 0 aliphatic rings. The summed E-state index contributed by atoms with van der Waals surface area (Å²) in [6, 6.07) is 29.5. The molecule has 1 aromatic heterocycles. The fourth-order valence-electron chi connectivity index (χ4n) is 3.41. The summed E-state index contributed by atoms with van der Waals surface area (Å²) in [5.41, 5.74) is 4.36. The minimum Gasteiger partial charge on any atom is -0.455 e. The van der Waals surface area contributed by atoms with Crippen molar-refractivity contribution in [2.24, 2.45) is 0 Å². The predicted molar refractivity (Wildman–Crippen MR) is 96.7 cm³/mol. The highest BCUT2D eigenvalue weighted by atomic mass is 16.3. The van der Waals surface area contributed by atoms with Gasteiger partial charge in [-0.15, -0.1) is 0 Å². The molecule has 0 amide bonds. The number of fused-ring (bicyclic) bond motifs is 5. The third kappa shape index (κ3) is 1.80. The zero-order chi connectivity index (χ0) is 15.2. The van der Waals surface area contributed by atoms with Crippen LogP contribution in [0.4, 0.5) is 0 Å². The van der Waals surface area contributed by atoms with Crippen LogP contribution in [0.5, 0.6) is 0 Å². The van der Waals surface area contributed by atoms with Gasteiger partial charge in [0.2, 0.25) is 0 Å². The van der Waals surface area contributed by atoms with Crippen LogP contribution < -0.4 is 0 Å². The third-order valence-corrected chi connectivity index (χ3v) is 4.45. The maximum Gasteiger partial charge on any atom is 0.143 e. The minimum absolute atomic E-state index is 0.941. The molecule has 0 unspecified atom stereocenters. The van der Waals surface area contributed by atoms with Gasteiger partial charge in [0.05, 0.1) is 0 Å². The molecule has 5 rings (SSSR count). The van der Waals surface area contributed by atoms with Crippen molar-refractivity contribution in [1.29, 1.82) is 0 Å². The van der Waals surface area contributed by atoms with Crippen LogP contribution in [0, 0.1) is 0 Å². The fourth-order valence-corrected chi connectivity index (χ4v) is 3.41. The summed E-state index contributed by atoms with van der Waals surface area (Å²) in [6.45, 7) is 0. The van der Waals surface area contributed by atoms with Crippen LogP contribution in [0.3, 0.4) is 0 Å². The van der Waals surface area contributed by atoms with Gasteiger partial charge in [-0.05, 0) is 28.6 Å². The molecule has 1 nitrogen and oxygen atoms in total. The highest BCUT2D eigenvalue weighted by Crippen LogP contribution is 2.40. The van der Waals surface area contributed by atoms with E-state index < -0.39 is 0 Å². The molecular formula is C22H14O. The molecule has 4 aromatic carbocycles. The second-order valence-corrected chi connectivity index (χ2v) is 5.81. The quantitative estimate of drug-likeness (QED) is 0.348. The van der Waals surface area contributed by atoms with Gasteiger partial charge in [-0.1, -0.05) is 72.8 Å². The van der Waals surface area contributed by atoms with Crippen LogP contribution in [-0.4, -0.2) is 0 Å². The summed E-state index contributed by atoms with van der Waals surface area (Å²) in [7, 11) is 0. The second-order valence-electron chi connectivity index (χ2n) is 5.81. The topological polar surface area (TPSA) is 13.1 Å². The van der Waals surface area contributed by atoms with Crippen LogP contribution in [0.15, 0.2) is 89.3 Å². The maximum absolute atomic E-state index is 6.23. The molecule has 108 valence electrons. The number of rotatable bonds is 1. The molecule has 5 aromatic rings. The summed E-state index contributed by atoms with van der Waals surface area (Å²) >= 11 is 0. The Morgan fingerprint density at radius 1 is 0.609 bits per heavy atom. The van der Waals surface area contributed by atoms with E-state index in [1.54, 1.807) is 0 Å². The van der Waals surface area contributed by atoms with E-state index in [4.69, 9.17) is 4.42 Å². The number of furan rings is 1. The van der Waals surface area contributed by atoms with Crippen molar-refractivity contribution in [2.75, 3.05) is 0 Å². The SMILES string of the molecule is c1ccc(-c2cc3ccccc3c3oc4ccccc4c23)cc1. The first-order valence-electron chi connectivity index (χ1n) is 7.80. The first kappa shape index (κ1) is 12.5. The van der Waals surface area contributed by atoms with E-state index in [-0.39, 0.29) is 0 Å². The van der Waals surface area contributed by atoms with Crippen LogP contribution in [-0.2, 0) is 0 Å². The van der Waals surface area contributed by atoms with Crippen LogP contribution >= 0.6 is 0 Å². The van der Waals surface area contributed by atoms with E-state index >= 15 is 0 Å². The molecule has 0 aliphatic carbocycles. The van der Waals surface area contributed by atoms with E-state index in [1.165, 1.54) is 32.7 Å². The Labute approximate surface area is 133 Å². The van der Waals surface area contributed by atoms with Gasteiger partial charge in [0.15, 0.2) is 0 Å². The fraction of sp³-hybridized carbons (Fsp3) is 0. The standard InChI is InChI=1S/C22H14O/c1-2-8-15(9-3-1)19-14-16-10-4-5-11-17(16)22-21(19)18-12-6-7-13-20(18)23-22/h1-14H. The highest BCUT2D eigenvalue weighted by Gasteiger charge is 2.15. The van der Waals surface area contributed by atoms with Crippen molar-refractivity contribution < 1.29 is 4.42 Å². The van der Waals surface area contributed by atoms with Crippen molar-refractivity contribution in [3.63, 3.8) is 0 Å². The molecule has 0 atom stereocenters. The zero-order valence-corrected chi connectivity index (χ0v) is 12.5. The normalized spacial score (nSPS) is 11.5. The summed E-state index contributed by atoms with van der Waals surface area (Å²) in [5, 5.41) is 4.74. The lowest BCUT2D eigenvalue weighted by molar-refractivity contribution is 0.673. The van der Waals surface area contributed by atoms with Gasteiger partial charge in [-0.3, -0.25) is 0 Å². The molecule has 0 saturated heterocycles. The van der Waals surface area contributed by atoms with Crippen LogP contribution in [0.25, 0.3) is 43.8 Å². The third-order valence-electron chi connectivity index (χ3n) is 4.45. The molecule has 0 N–H and O–H groups in total. The number of para-hydroxylation sites is 1. The van der Waals surface area contributed by atoms with Crippen molar-refractivity contribution in [1.82, 2.24) is 0 Å². The van der Waals surface area contributed by atoms with Gasteiger partial charge in [0.1, 0.15) is 11.2 Å². The molecule has 0 spiro atoms. The lowest BCUT2D eigenvalue weighted by Crippen LogP contribution is -1.82. The molecule has 0 bridgehead atoms. The summed E-state index contributed by atoms with van der Waals surface area (Å²) < 4.78 is 6.23. The molecule has 0 saturated carbocycles. The minimum atomic E-state index is 0.941. The van der Waals surface area contributed by atoms with Crippen LogP contribution in [0.1, 0.15) is 0 Å². The van der Waals surface area contributed by atoms with Crippen molar-refractivity contribution >= 4 is 32.7 Å². The van der Waals surface area contributed by atoms with E-state index in [0.29, 0.717) is 0 Å². The summed E-state index contributed by atoms with van der Waals surface area (Å²) in [4.78, 5) is 0. The second kappa shape index (κ2) is 4.72. The van der Waals surface area contributed by atoms with E-state index in [9.17, 15) is 0 Å². The van der Waals surface area contributed by atoms with Crippen molar-refractivity contribution in [3.05, 3.63) is 84.9 Å². The molecule has 1 heteroatoms. The summed E-state index contributed by atoms with van der Waals surface area (Å²) in [6.07, 6.45) is 0. The molecule has 23 heavy (non-hydrogen) atoms. The maximum atomic E-state index is 6.23. The lowest BCUT2D eigenvalue weighted by atomic mass is 9.95. The first-order valence-corrected chi connectivity index (χ1v) is 7.80. The van der Waals surface area contributed by atoms with E-state index in [1.807, 2.05) is 12.1 Å². The lowest BCUT2D eigenvalue weighted by Gasteiger charge is -2.07. The largest absolute Gasteiger partial charge is 0.455 e. The van der Waals surface area contributed by atoms with E-state index in [2.05, 4.69) is 72.8 Å². The zero-order valence-electron chi connectivity index (χ0n) is 12.5. The number of hydrogen-bond donors (Lipinski definition) is 0. The van der Waals surface area contributed by atoms with E-state index in [0.717, 1.165) is 11.2 Å². The van der Waals surface area contributed by atoms with Gasteiger partial charge in [0, 0.05) is 16.2 Å². The van der Waals surface area contributed by atoms with Gasteiger partial charge < -0.3 is 4.42 Å². The molecule has 0 aliphatic heterocycles. The smallest absolute Gasteiger partial charge is 0.143 e. The van der Waals surface area contributed by atoms with Crippen molar-refractivity contribution in [2.45, 2.75) is 0 Å². The average Bonchev–Trinajstić information content (AvgIpc) is 3.02. The number of hydrogen-bond acceptors (Lipinski definition) is 1. The van der Waals surface area contributed by atoms with Crippen molar-refractivity contribution in [3.8, 4) is 11.1 Å². The Hall–Kier alpha value is -3.06. The van der Waals surface area contributed by atoms with Gasteiger partial charge >= 0.3 is 0 Å². The monoisotopic (exact) mass is 294 g/mol. The molecular weight excluding hydrogens is 280 g/mol. The Balaban J connectivity index is 2.06. The average molecular weight is 294 g/mol. The Morgan fingerprint density at radius 2 is 1.30 bits per heavy atom. The van der Waals surface area contributed by atoms with Gasteiger partial charge in [-0.2, -0.15) is 0 Å². The van der Waals surface area contributed by atoms with Gasteiger partial charge in [0.25, 0.3) is 0 Å². The number of benzene rings is 4. The summed E-state index contributed by atoms with van der Waals surface area (Å²) in [5.74, 6) is 0. The molecule has 0 fully saturated rings. The van der Waals surface area contributed by atoms with Crippen LogP contribution in [0.2, 0.25) is 0 Å². The Morgan fingerprint density at radius 3 is 2.17 bits per heavy atom. The highest BCUT2D eigenvalue weighted by molar-refractivity contribution is 6.21. The molecule has 1 heterocycles. The Bertz CT molecular complexity index is 1150. The Kier molecular flexibility index (Phi) is 2.56. The molecule has 0 radical (unpaired) electrons. The first-order chi connectivity index (χ1) is 11.4. The van der Waals surface area contributed by atoms with Gasteiger partial charge in [-0.25, -0.2) is 0 Å². The predicted octanol–water partition coefficient (Wildman–Crippen LogP) is 6.41.